The van der Waals surface area contributed by atoms with E-state index in [9.17, 15) is 13.2 Å². The SMILES string of the molecule is CN(C)CCCNS(=O)(=O)c1ccc(C(=O)Nc2cccc(Cl)c2)cc1. The van der Waals surface area contributed by atoms with Gasteiger partial charge in [-0.3, -0.25) is 4.79 Å². The van der Waals surface area contributed by atoms with E-state index in [1.54, 1.807) is 24.3 Å². The standard InChI is InChI=1S/C18H22ClN3O3S/c1-22(2)12-4-11-20-26(24,25)17-9-7-14(8-10-17)18(23)21-16-6-3-5-15(19)13-16/h3,5-10,13,20H,4,11-12H2,1-2H3,(H,21,23). The summed E-state index contributed by atoms with van der Waals surface area (Å²) in [6.45, 7) is 1.16. The first-order valence-electron chi connectivity index (χ1n) is 8.09. The average Bonchev–Trinajstić information content (AvgIpc) is 2.59. The third kappa shape index (κ3) is 6.10. The van der Waals surface area contributed by atoms with Crippen molar-refractivity contribution in [2.75, 3.05) is 32.5 Å². The third-order valence-corrected chi connectivity index (χ3v) is 5.30. The molecule has 2 N–H and O–H groups in total. The van der Waals surface area contributed by atoms with Crippen molar-refractivity contribution in [3.8, 4) is 0 Å². The van der Waals surface area contributed by atoms with Crippen molar-refractivity contribution in [1.82, 2.24) is 9.62 Å². The number of nitrogens with one attached hydrogen (secondary N) is 2. The van der Waals surface area contributed by atoms with Gasteiger partial charge in [0, 0.05) is 22.8 Å². The van der Waals surface area contributed by atoms with Crippen LogP contribution in [0.25, 0.3) is 0 Å². The summed E-state index contributed by atoms with van der Waals surface area (Å²) in [5.41, 5.74) is 0.929. The van der Waals surface area contributed by atoms with Crippen LogP contribution in [0.3, 0.4) is 0 Å². The van der Waals surface area contributed by atoms with Crippen molar-refractivity contribution in [1.29, 1.82) is 0 Å². The number of halogens is 1. The molecule has 2 rings (SSSR count). The van der Waals surface area contributed by atoms with E-state index in [1.807, 2.05) is 19.0 Å². The molecular weight excluding hydrogens is 374 g/mol. The predicted octanol–water partition coefficient (Wildman–Crippen LogP) is 2.82. The minimum absolute atomic E-state index is 0.127. The molecule has 0 bridgehead atoms. The van der Waals surface area contributed by atoms with Crippen LogP contribution in [0.2, 0.25) is 5.02 Å². The molecule has 26 heavy (non-hydrogen) atoms. The van der Waals surface area contributed by atoms with Crippen molar-refractivity contribution in [3.05, 3.63) is 59.1 Å². The van der Waals surface area contributed by atoms with Gasteiger partial charge in [0.05, 0.1) is 4.90 Å². The van der Waals surface area contributed by atoms with Crippen LogP contribution in [0.1, 0.15) is 16.8 Å². The fraction of sp³-hybridized carbons (Fsp3) is 0.278. The molecule has 0 atom stereocenters. The predicted molar refractivity (Wildman–Crippen MR) is 104 cm³/mol. The van der Waals surface area contributed by atoms with E-state index >= 15 is 0 Å². The number of hydrogen-bond acceptors (Lipinski definition) is 4. The minimum Gasteiger partial charge on any atom is -0.322 e. The lowest BCUT2D eigenvalue weighted by molar-refractivity contribution is 0.102. The van der Waals surface area contributed by atoms with Crippen LogP contribution < -0.4 is 10.0 Å². The van der Waals surface area contributed by atoms with E-state index in [4.69, 9.17) is 11.6 Å². The van der Waals surface area contributed by atoms with Gasteiger partial charge < -0.3 is 10.2 Å². The summed E-state index contributed by atoms with van der Waals surface area (Å²) >= 11 is 5.89. The smallest absolute Gasteiger partial charge is 0.255 e. The Balaban J connectivity index is 1.99. The molecule has 0 fully saturated rings. The number of hydrogen-bond donors (Lipinski definition) is 2. The van der Waals surface area contributed by atoms with Gasteiger partial charge in [0.15, 0.2) is 0 Å². The first-order valence-corrected chi connectivity index (χ1v) is 9.95. The van der Waals surface area contributed by atoms with Gasteiger partial charge in [-0.2, -0.15) is 0 Å². The van der Waals surface area contributed by atoms with Crippen molar-refractivity contribution < 1.29 is 13.2 Å². The van der Waals surface area contributed by atoms with Crippen LogP contribution in [-0.2, 0) is 10.0 Å². The fourth-order valence-corrected chi connectivity index (χ4v) is 3.50. The van der Waals surface area contributed by atoms with E-state index in [-0.39, 0.29) is 10.8 Å². The van der Waals surface area contributed by atoms with E-state index in [2.05, 4.69) is 10.0 Å². The lowest BCUT2D eigenvalue weighted by Gasteiger charge is -2.11. The molecule has 140 valence electrons. The number of benzene rings is 2. The maximum atomic E-state index is 12.2. The van der Waals surface area contributed by atoms with Crippen molar-refractivity contribution in [2.24, 2.45) is 0 Å². The van der Waals surface area contributed by atoms with Crippen molar-refractivity contribution >= 4 is 33.2 Å². The van der Waals surface area contributed by atoms with Gasteiger partial charge in [0.1, 0.15) is 0 Å². The summed E-state index contributed by atoms with van der Waals surface area (Å²) in [7, 11) is 0.282. The first-order chi connectivity index (χ1) is 12.3. The molecule has 0 radical (unpaired) electrons. The van der Waals surface area contributed by atoms with Gasteiger partial charge in [0.25, 0.3) is 5.91 Å². The monoisotopic (exact) mass is 395 g/mol. The molecule has 6 nitrogen and oxygen atoms in total. The Morgan fingerprint density at radius 2 is 1.81 bits per heavy atom. The van der Waals surface area contributed by atoms with Gasteiger partial charge in [-0.05, 0) is 69.5 Å². The molecule has 0 aliphatic carbocycles. The summed E-state index contributed by atoms with van der Waals surface area (Å²) in [5, 5.41) is 3.23. The van der Waals surface area contributed by atoms with Crippen LogP contribution in [0.15, 0.2) is 53.4 Å². The third-order valence-electron chi connectivity index (χ3n) is 3.58. The van der Waals surface area contributed by atoms with Crippen LogP contribution in [-0.4, -0.2) is 46.4 Å². The van der Waals surface area contributed by atoms with Crippen LogP contribution >= 0.6 is 11.6 Å². The summed E-state index contributed by atoms with van der Waals surface area (Å²) in [4.78, 5) is 14.4. The number of sulfonamides is 1. The molecule has 1 amide bonds. The summed E-state index contributed by atoms with van der Waals surface area (Å²) < 4.78 is 27.0. The van der Waals surface area contributed by atoms with Gasteiger partial charge in [0.2, 0.25) is 10.0 Å². The molecule has 0 aromatic heterocycles. The molecule has 0 aliphatic heterocycles. The number of rotatable bonds is 8. The highest BCUT2D eigenvalue weighted by Crippen LogP contribution is 2.17. The zero-order chi connectivity index (χ0) is 19.2. The molecule has 0 saturated carbocycles. The molecule has 2 aromatic rings. The molecule has 0 heterocycles. The second-order valence-corrected chi connectivity index (χ2v) is 8.25. The van der Waals surface area contributed by atoms with Gasteiger partial charge >= 0.3 is 0 Å². The molecule has 0 saturated heterocycles. The topological polar surface area (TPSA) is 78.5 Å². The zero-order valence-electron chi connectivity index (χ0n) is 14.7. The Morgan fingerprint density at radius 1 is 1.12 bits per heavy atom. The van der Waals surface area contributed by atoms with Crippen LogP contribution in [0, 0.1) is 0 Å². The molecule has 0 aliphatic rings. The van der Waals surface area contributed by atoms with Gasteiger partial charge in [-0.15, -0.1) is 0 Å². The van der Waals surface area contributed by atoms with E-state index in [0.717, 1.165) is 6.54 Å². The second-order valence-electron chi connectivity index (χ2n) is 6.04. The van der Waals surface area contributed by atoms with Gasteiger partial charge in [-0.1, -0.05) is 17.7 Å². The Morgan fingerprint density at radius 3 is 2.42 bits per heavy atom. The quantitative estimate of drug-likeness (QED) is 0.673. The lowest BCUT2D eigenvalue weighted by atomic mass is 10.2. The highest BCUT2D eigenvalue weighted by atomic mass is 35.5. The Bertz CT molecular complexity index is 852. The maximum Gasteiger partial charge on any atom is 0.255 e. The zero-order valence-corrected chi connectivity index (χ0v) is 16.3. The fourth-order valence-electron chi connectivity index (χ4n) is 2.24. The van der Waals surface area contributed by atoms with Crippen LogP contribution in [0.4, 0.5) is 5.69 Å². The van der Waals surface area contributed by atoms with E-state index in [0.29, 0.717) is 29.2 Å². The van der Waals surface area contributed by atoms with E-state index < -0.39 is 10.0 Å². The number of nitrogens with zero attached hydrogens (tertiary/aromatic N) is 1. The summed E-state index contributed by atoms with van der Waals surface area (Å²) in [5.74, 6) is -0.338. The van der Waals surface area contributed by atoms with Crippen molar-refractivity contribution in [2.45, 2.75) is 11.3 Å². The van der Waals surface area contributed by atoms with Crippen LogP contribution in [0.5, 0.6) is 0 Å². The molecular formula is C18H22ClN3O3S. The normalized spacial score (nSPS) is 11.5. The minimum atomic E-state index is -3.58. The second kappa shape index (κ2) is 9.14. The summed E-state index contributed by atoms with van der Waals surface area (Å²) in [6.07, 6.45) is 0.715. The number of amides is 1. The largest absolute Gasteiger partial charge is 0.322 e. The average molecular weight is 396 g/mol. The Labute approximate surface area is 159 Å². The Kier molecular flexibility index (Phi) is 7.16. The molecule has 8 heteroatoms. The first kappa shape index (κ1) is 20.4. The molecule has 2 aromatic carbocycles. The number of anilines is 1. The van der Waals surface area contributed by atoms with E-state index in [1.165, 1.54) is 24.3 Å². The number of carbonyl (C=O) groups is 1. The molecule has 0 spiro atoms. The highest BCUT2D eigenvalue weighted by molar-refractivity contribution is 7.89. The Hall–Kier alpha value is -1.93. The molecule has 0 unspecified atom stereocenters. The number of carbonyl (C=O) groups excluding carboxylic acids is 1. The highest BCUT2D eigenvalue weighted by Gasteiger charge is 2.14. The summed E-state index contributed by atoms with van der Waals surface area (Å²) in [6, 6.07) is 12.6. The van der Waals surface area contributed by atoms with Crippen molar-refractivity contribution in [3.63, 3.8) is 0 Å². The van der Waals surface area contributed by atoms with Gasteiger partial charge in [-0.25, -0.2) is 13.1 Å². The lowest BCUT2D eigenvalue weighted by Crippen LogP contribution is -2.27. The maximum absolute atomic E-state index is 12.2.